The van der Waals surface area contributed by atoms with Crippen molar-refractivity contribution in [3.05, 3.63) is 80.8 Å². The van der Waals surface area contributed by atoms with E-state index in [1.807, 2.05) is 6.07 Å². The van der Waals surface area contributed by atoms with E-state index < -0.39 is 0 Å². The van der Waals surface area contributed by atoms with E-state index in [4.69, 9.17) is 4.98 Å². The lowest BCUT2D eigenvalue weighted by Gasteiger charge is -2.28. The molecule has 1 aliphatic rings. The van der Waals surface area contributed by atoms with E-state index in [0.29, 0.717) is 6.54 Å². The quantitative estimate of drug-likeness (QED) is 0.752. The molecule has 0 amide bonds. The van der Waals surface area contributed by atoms with Crippen molar-refractivity contribution in [2.75, 3.05) is 6.54 Å². The molecule has 0 atom stereocenters. The molecule has 0 spiro atoms. The Bertz CT molecular complexity index is 1050. The van der Waals surface area contributed by atoms with Gasteiger partial charge >= 0.3 is 0 Å². The number of H-pyrrole nitrogens is 1. The van der Waals surface area contributed by atoms with Gasteiger partial charge < -0.3 is 9.55 Å². The zero-order chi connectivity index (χ0) is 19.8. The average Bonchev–Trinajstić information content (AvgIpc) is 2.96. The Morgan fingerprint density at radius 2 is 1.93 bits per heavy atom. The van der Waals surface area contributed by atoms with Gasteiger partial charge in [-0.05, 0) is 37.6 Å². The van der Waals surface area contributed by atoms with Crippen molar-refractivity contribution in [2.24, 2.45) is 0 Å². The SMILES string of the molecule is Cc1cc(CN2CCc3nc(C(C)C)[nH]c(=O)c3C2)c(C)n1-c1ccccc1. The monoisotopic (exact) mass is 376 g/mol. The molecule has 5 heteroatoms. The molecule has 1 N–H and O–H groups in total. The van der Waals surface area contributed by atoms with Crippen LogP contribution >= 0.6 is 0 Å². The summed E-state index contributed by atoms with van der Waals surface area (Å²) in [4.78, 5) is 22.6. The van der Waals surface area contributed by atoms with Crippen molar-refractivity contribution >= 4 is 0 Å². The molecule has 5 nitrogen and oxygen atoms in total. The summed E-state index contributed by atoms with van der Waals surface area (Å²) in [6, 6.07) is 12.7. The van der Waals surface area contributed by atoms with E-state index in [1.165, 1.54) is 22.6 Å². The van der Waals surface area contributed by atoms with E-state index in [9.17, 15) is 4.79 Å². The standard InChI is InChI=1S/C23H28N4O/c1-15(2)22-24-21-10-11-26(14-20(21)23(28)25-22)13-18-12-16(3)27(17(18)4)19-8-6-5-7-9-19/h5-9,12,15H,10-11,13-14H2,1-4H3,(H,24,25,28). The van der Waals surface area contributed by atoms with Crippen LogP contribution in [0.3, 0.4) is 0 Å². The van der Waals surface area contributed by atoms with Crippen LogP contribution in [0.1, 0.15) is 53.8 Å². The number of benzene rings is 1. The molecule has 28 heavy (non-hydrogen) atoms. The normalized spacial score (nSPS) is 14.5. The van der Waals surface area contributed by atoms with Gasteiger partial charge in [0.2, 0.25) is 0 Å². The van der Waals surface area contributed by atoms with E-state index in [1.54, 1.807) is 0 Å². The van der Waals surface area contributed by atoms with Crippen LogP contribution in [0.25, 0.3) is 5.69 Å². The summed E-state index contributed by atoms with van der Waals surface area (Å²) >= 11 is 0. The number of fused-ring (bicyclic) bond motifs is 1. The maximum atomic E-state index is 12.6. The smallest absolute Gasteiger partial charge is 0.255 e. The summed E-state index contributed by atoms with van der Waals surface area (Å²) in [6.07, 6.45) is 0.830. The second-order valence-electron chi connectivity index (χ2n) is 8.06. The summed E-state index contributed by atoms with van der Waals surface area (Å²) in [5.74, 6) is 1.03. The van der Waals surface area contributed by atoms with E-state index in [-0.39, 0.29) is 11.5 Å². The van der Waals surface area contributed by atoms with Gasteiger partial charge in [-0.1, -0.05) is 32.0 Å². The van der Waals surface area contributed by atoms with Gasteiger partial charge in [-0.25, -0.2) is 4.98 Å². The van der Waals surface area contributed by atoms with Crippen LogP contribution in [-0.4, -0.2) is 26.0 Å². The molecule has 1 aliphatic heterocycles. The highest BCUT2D eigenvalue weighted by Crippen LogP contribution is 2.24. The topological polar surface area (TPSA) is 53.9 Å². The highest BCUT2D eigenvalue weighted by molar-refractivity contribution is 5.41. The molecule has 2 aromatic heterocycles. The van der Waals surface area contributed by atoms with Gasteiger partial charge in [0.1, 0.15) is 5.82 Å². The van der Waals surface area contributed by atoms with Crippen molar-refractivity contribution in [3.8, 4) is 5.69 Å². The molecule has 0 radical (unpaired) electrons. The maximum Gasteiger partial charge on any atom is 0.255 e. The average molecular weight is 377 g/mol. The number of aromatic nitrogens is 3. The van der Waals surface area contributed by atoms with Crippen LogP contribution in [0, 0.1) is 13.8 Å². The first-order valence-corrected chi connectivity index (χ1v) is 10.0. The fourth-order valence-electron chi connectivity index (χ4n) is 4.11. The zero-order valence-corrected chi connectivity index (χ0v) is 17.1. The Morgan fingerprint density at radius 3 is 2.64 bits per heavy atom. The number of nitrogens with zero attached hydrogens (tertiary/aromatic N) is 3. The minimum Gasteiger partial charge on any atom is -0.318 e. The number of para-hydroxylation sites is 1. The molecular formula is C23H28N4O. The Hall–Kier alpha value is -2.66. The summed E-state index contributed by atoms with van der Waals surface area (Å²) in [7, 11) is 0. The molecule has 1 aromatic carbocycles. The van der Waals surface area contributed by atoms with Crippen LogP contribution < -0.4 is 5.56 Å². The van der Waals surface area contributed by atoms with Gasteiger partial charge in [0.05, 0.1) is 11.3 Å². The lowest BCUT2D eigenvalue weighted by Crippen LogP contribution is -2.36. The molecule has 0 fully saturated rings. The summed E-state index contributed by atoms with van der Waals surface area (Å²) in [6.45, 7) is 10.9. The molecule has 0 aliphatic carbocycles. The number of aryl methyl sites for hydroxylation is 1. The first-order valence-electron chi connectivity index (χ1n) is 10.0. The Labute approximate surface area is 166 Å². The van der Waals surface area contributed by atoms with Crippen molar-refractivity contribution < 1.29 is 0 Å². The molecular weight excluding hydrogens is 348 g/mol. The lowest BCUT2D eigenvalue weighted by molar-refractivity contribution is 0.241. The molecule has 4 rings (SSSR count). The summed E-state index contributed by atoms with van der Waals surface area (Å²) in [5.41, 5.74) is 6.82. The fraction of sp³-hybridized carbons (Fsp3) is 0.391. The van der Waals surface area contributed by atoms with E-state index in [2.05, 4.69) is 72.5 Å². The largest absolute Gasteiger partial charge is 0.318 e. The molecule has 3 heterocycles. The van der Waals surface area contributed by atoms with Crippen LogP contribution in [0.15, 0.2) is 41.2 Å². The van der Waals surface area contributed by atoms with Crippen molar-refractivity contribution in [2.45, 2.75) is 53.1 Å². The van der Waals surface area contributed by atoms with E-state index in [0.717, 1.165) is 36.6 Å². The third-order valence-corrected chi connectivity index (χ3v) is 5.66. The van der Waals surface area contributed by atoms with E-state index >= 15 is 0 Å². The van der Waals surface area contributed by atoms with Gasteiger partial charge in [0, 0.05) is 49.0 Å². The van der Waals surface area contributed by atoms with Crippen LogP contribution in [0.4, 0.5) is 0 Å². The lowest BCUT2D eigenvalue weighted by atomic mass is 10.1. The van der Waals surface area contributed by atoms with Gasteiger partial charge in [0.15, 0.2) is 0 Å². The van der Waals surface area contributed by atoms with Crippen molar-refractivity contribution in [1.82, 2.24) is 19.4 Å². The Balaban J connectivity index is 1.58. The highest BCUT2D eigenvalue weighted by atomic mass is 16.1. The van der Waals surface area contributed by atoms with Crippen molar-refractivity contribution in [1.29, 1.82) is 0 Å². The number of hydrogen-bond acceptors (Lipinski definition) is 3. The molecule has 0 unspecified atom stereocenters. The number of hydrogen-bond donors (Lipinski definition) is 1. The number of nitrogens with one attached hydrogen (secondary N) is 1. The molecule has 3 aromatic rings. The second kappa shape index (κ2) is 7.40. The Morgan fingerprint density at radius 1 is 1.18 bits per heavy atom. The zero-order valence-electron chi connectivity index (χ0n) is 17.1. The first kappa shape index (κ1) is 18.7. The fourth-order valence-corrected chi connectivity index (χ4v) is 4.11. The van der Waals surface area contributed by atoms with Crippen LogP contribution in [0.5, 0.6) is 0 Å². The first-order chi connectivity index (χ1) is 13.4. The maximum absolute atomic E-state index is 12.6. The van der Waals surface area contributed by atoms with Gasteiger partial charge in [-0.3, -0.25) is 9.69 Å². The third-order valence-electron chi connectivity index (χ3n) is 5.66. The molecule has 0 saturated carbocycles. The molecule has 0 saturated heterocycles. The molecule has 0 bridgehead atoms. The molecule has 146 valence electrons. The minimum absolute atomic E-state index is 0.0214. The van der Waals surface area contributed by atoms with Gasteiger partial charge in [-0.2, -0.15) is 0 Å². The third kappa shape index (κ3) is 3.42. The van der Waals surface area contributed by atoms with Crippen LogP contribution in [-0.2, 0) is 19.5 Å². The highest BCUT2D eigenvalue weighted by Gasteiger charge is 2.23. The second-order valence-corrected chi connectivity index (χ2v) is 8.06. The summed E-state index contributed by atoms with van der Waals surface area (Å²) in [5, 5.41) is 0. The number of aromatic amines is 1. The minimum atomic E-state index is 0.0214. The predicted molar refractivity (Wildman–Crippen MR) is 112 cm³/mol. The summed E-state index contributed by atoms with van der Waals surface area (Å²) < 4.78 is 2.30. The van der Waals surface area contributed by atoms with Gasteiger partial charge in [-0.15, -0.1) is 0 Å². The number of rotatable bonds is 4. The Kier molecular flexibility index (Phi) is 4.94. The predicted octanol–water partition coefficient (Wildman–Crippen LogP) is 3.86. The van der Waals surface area contributed by atoms with Crippen molar-refractivity contribution in [3.63, 3.8) is 0 Å². The van der Waals surface area contributed by atoms with Crippen LogP contribution in [0.2, 0.25) is 0 Å². The van der Waals surface area contributed by atoms with Gasteiger partial charge in [0.25, 0.3) is 5.56 Å².